The molecule has 0 aromatic carbocycles. The molecule has 4 heteroatoms. The molecule has 3 nitrogen and oxygen atoms in total. The summed E-state index contributed by atoms with van der Waals surface area (Å²) in [5, 5.41) is 20.2. The van der Waals surface area contributed by atoms with Crippen LogP contribution in [-0.4, -0.2) is 28.5 Å². The molecule has 0 radical (unpaired) electrons. The van der Waals surface area contributed by atoms with Crippen LogP contribution in [0, 0.1) is 5.92 Å². The van der Waals surface area contributed by atoms with E-state index in [0.29, 0.717) is 0 Å². The lowest BCUT2D eigenvalue weighted by molar-refractivity contribution is -0.0990. The van der Waals surface area contributed by atoms with Crippen molar-refractivity contribution in [2.45, 2.75) is 77.9 Å². The number of hydrogen-bond acceptors (Lipinski definition) is 3. The molecule has 0 saturated carbocycles. The lowest BCUT2D eigenvalue weighted by Crippen LogP contribution is -2.51. The Kier molecular flexibility index (Phi) is 5.66. The summed E-state index contributed by atoms with van der Waals surface area (Å²) in [5.74, 6) is 0.753. The summed E-state index contributed by atoms with van der Waals surface area (Å²) in [6.45, 7) is 9.22. The molecule has 0 bridgehead atoms. The van der Waals surface area contributed by atoms with Crippen molar-refractivity contribution in [3.8, 4) is 0 Å². The first-order chi connectivity index (χ1) is 8.67. The molecule has 0 aromatic heterocycles. The van der Waals surface area contributed by atoms with Crippen molar-refractivity contribution < 1.29 is 14.8 Å². The summed E-state index contributed by atoms with van der Waals surface area (Å²) in [5.41, 5.74) is -0.814. The van der Waals surface area contributed by atoms with Gasteiger partial charge in [0.05, 0.1) is 11.2 Å². The van der Waals surface area contributed by atoms with Crippen molar-refractivity contribution in [1.82, 2.24) is 0 Å². The molecule has 0 aliphatic heterocycles. The Labute approximate surface area is 118 Å². The Balaban J connectivity index is 2.58. The first kappa shape index (κ1) is 16.7. The standard InChI is InChI=1S/C15H29BO3/c1-6-7-12-8-10-13(11-9-12)16(18)19-15(4,5)14(2,3)17/h10,12,17-18H,6-9,11H2,1-5H3/t12-/m0/s1. The highest BCUT2D eigenvalue weighted by Crippen LogP contribution is 2.31. The minimum Gasteiger partial charge on any atom is -0.423 e. The van der Waals surface area contributed by atoms with Crippen molar-refractivity contribution in [3.05, 3.63) is 11.5 Å². The number of allylic oxidation sites excluding steroid dienone is 2. The fourth-order valence-electron chi connectivity index (χ4n) is 2.30. The molecule has 0 unspecified atom stereocenters. The van der Waals surface area contributed by atoms with Crippen LogP contribution in [-0.2, 0) is 4.65 Å². The number of hydrogen-bond donors (Lipinski definition) is 2. The second kappa shape index (κ2) is 6.42. The minimum atomic E-state index is -0.992. The molecular weight excluding hydrogens is 239 g/mol. The summed E-state index contributed by atoms with van der Waals surface area (Å²) < 4.78 is 5.67. The lowest BCUT2D eigenvalue weighted by Gasteiger charge is -2.39. The van der Waals surface area contributed by atoms with E-state index in [-0.39, 0.29) is 0 Å². The molecule has 0 heterocycles. The molecule has 0 spiro atoms. The zero-order chi connectivity index (χ0) is 14.7. The molecule has 1 aliphatic rings. The predicted octanol–water partition coefficient (Wildman–Crippen LogP) is 3.10. The summed E-state index contributed by atoms with van der Waals surface area (Å²) in [4.78, 5) is 0. The maximum absolute atomic E-state index is 10.2. The SMILES string of the molecule is CCC[C@H]1CC=C(B(O)OC(C)(C)C(C)(C)O)CC1. The van der Waals surface area contributed by atoms with Gasteiger partial charge in [0.1, 0.15) is 0 Å². The summed E-state index contributed by atoms with van der Waals surface area (Å²) in [6, 6.07) is 0. The van der Waals surface area contributed by atoms with Gasteiger partial charge in [0.2, 0.25) is 0 Å². The highest BCUT2D eigenvalue weighted by atomic mass is 16.5. The molecule has 0 amide bonds. The molecule has 1 rings (SSSR count). The van der Waals surface area contributed by atoms with Crippen LogP contribution < -0.4 is 0 Å². The van der Waals surface area contributed by atoms with Gasteiger partial charge in [-0.2, -0.15) is 0 Å². The van der Waals surface area contributed by atoms with Gasteiger partial charge in [-0.1, -0.05) is 25.8 Å². The Morgan fingerprint density at radius 3 is 2.42 bits per heavy atom. The third-order valence-corrected chi connectivity index (χ3v) is 4.45. The van der Waals surface area contributed by atoms with Gasteiger partial charge in [-0.05, 0) is 58.3 Å². The average molecular weight is 268 g/mol. The Morgan fingerprint density at radius 2 is 2.00 bits per heavy atom. The maximum atomic E-state index is 10.2. The maximum Gasteiger partial charge on any atom is 0.487 e. The van der Waals surface area contributed by atoms with Gasteiger partial charge in [-0.25, -0.2) is 0 Å². The van der Waals surface area contributed by atoms with E-state index in [4.69, 9.17) is 4.65 Å². The van der Waals surface area contributed by atoms with Crippen molar-refractivity contribution in [2.24, 2.45) is 5.92 Å². The van der Waals surface area contributed by atoms with Gasteiger partial charge in [0.25, 0.3) is 0 Å². The second-order valence-corrected chi connectivity index (χ2v) is 6.75. The molecular formula is C15H29BO3. The Bertz CT molecular complexity index is 318. The van der Waals surface area contributed by atoms with Gasteiger partial charge < -0.3 is 14.8 Å². The average Bonchev–Trinajstić information content (AvgIpc) is 2.28. The third kappa shape index (κ3) is 4.62. The summed E-state index contributed by atoms with van der Waals surface area (Å²) in [7, 11) is -0.899. The van der Waals surface area contributed by atoms with Crippen LogP contribution in [0.1, 0.15) is 66.7 Å². The fourth-order valence-corrected chi connectivity index (χ4v) is 2.30. The van der Waals surface area contributed by atoms with Crippen LogP contribution in [0.4, 0.5) is 0 Å². The minimum absolute atomic E-state index is 0.753. The lowest BCUT2D eigenvalue weighted by atomic mass is 9.69. The fraction of sp³-hybridized carbons (Fsp3) is 0.867. The van der Waals surface area contributed by atoms with Gasteiger partial charge in [-0.15, -0.1) is 0 Å². The van der Waals surface area contributed by atoms with Crippen LogP contribution in [0.5, 0.6) is 0 Å². The van der Waals surface area contributed by atoms with Gasteiger partial charge in [0.15, 0.2) is 0 Å². The second-order valence-electron chi connectivity index (χ2n) is 6.75. The molecule has 1 aliphatic carbocycles. The van der Waals surface area contributed by atoms with E-state index in [1.54, 1.807) is 27.7 Å². The molecule has 19 heavy (non-hydrogen) atoms. The van der Waals surface area contributed by atoms with E-state index in [0.717, 1.165) is 30.7 Å². The highest BCUT2D eigenvalue weighted by Gasteiger charge is 2.40. The molecule has 1 atom stereocenters. The quantitative estimate of drug-likeness (QED) is 0.728. The van der Waals surface area contributed by atoms with E-state index in [2.05, 4.69) is 13.0 Å². The van der Waals surface area contributed by atoms with Crippen molar-refractivity contribution in [2.75, 3.05) is 0 Å². The monoisotopic (exact) mass is 268 g/mol. The van der Waals surface area contributed by atoms with Gasteiger partial charge >= 0.3 is 7.12 Å². The largest absolute Gasteiger partial charge is 0.487 e. The Morgan fingerprint density at radius 1 is 1.37 bits per heavy atom. The van der Waals surface area contributed by atoms with E-state index in [1.807, 2.05) is 0 Å². The number of rotatable bonds is 6. The summed E-state index contributed by atoms with van der Waals surface area (Å²) >= 11 is 0. The van der Waals surface area contributed by atoms with Crippen molar-refractivity contribution in [3.63, 3.8) is 0 Å². The van der Waals surface area contributed by atoms with Gasteiger partial charge in [0, 0.05) is 0 Å². The Hall–Kier alpha value is -0.315. The first-order valence-corrected chi connectivity index (χ1v) is 7.44. The van der Waals surface area contributed by atoms with E-state index in [1.165, 1.54) is 12.8 Å². The zero-order valence-corrected chi connectivity index (χ0v) is 13.1. The van der Waals surface area contributed by atoms with E-state index in [9.17, 15) is 10.1 Å². The van der Waals surface area contributed by atoms with Crippen molar-refractivity contribution in [1.29, 1.82) is 0 Å². The molecule has 0 fully saturated rings. The normalized spacial score (nSPS) is 21.2. The predicted molar refractivity (Wildman–Crippen MR) is 79.8 cm³/mol. The molecule has 110 valence electrons. The third-order valence-electron chi connectivity index (χ3n) is 4.45. The molecule has 0 aromatic rings. The van der Waals surface area contributed by atoms with Crippen LogP contribution in [0.2, 0.25) is 0 Å². The van der Waals surface area contributed by atoms with Crippen LogP contribution in [0.15, 0.2) is 11.5 Å². The topological polar surface area (TPSA) is 49.7 Å². The van der Waals surface area contributed by atoms with E-state index < -0.39 is 18.3 Å². The number of aliphatic hydroxyl groups is 1. The molecule has 0 saturated heterocycles. The van der Waals surface area contributed by atoms with Crippen LogP contribution in [0.25, 0.3) is 0 Å². The van der Waals surface area contributed by atoms with Crippen molar-refractivity contribution >= 4 is 7.12 Å². The van der Waals surface area contributed by atoms with E-state index >= 15 is 0 Å². The summed E-state index contributed by atoms with van der Waals surface area (Å²) in [6.07, 6.45) is 7.66. The van der Waals surface area contributed by atoms with Crippen LogP contribution in [0.3, 0.4) is 0 Å². The van der Waals surface area contributed by atoms with Gasteiger partial charge in [-0.3, -0.25) is 0 Å². The highest BCUT2D eigenvalue weighted by molar-refractivity contribution is 6.52. The van der Waals surface area contributed by atoms with Crippen LogP contribution >= 0.6 is 0 Å². The smallest absolute Gasteiger partial charge is 0.423 e. The zero-order valence-electron chi connectivity index (χ0n) is 13.1. The first-order valence-electron chi connectivity index (χ1n) is 7.44. The molecule has 2 N–H and O–H groups in total.